The predicted molar refractivity (Wildman–Crippen MR) is 85.4 cm³/mol. The third-order valence-electron chi connectivity index (χ3n) is 4.66. The Hall–Kier alpha value is -0.820. The Balaban J connectivity index is 1.89. The lowest BCUT2D eigenvalue weighted by Crippen LogP contribution is -2.46. The molecule has 5 heteroatoms. The number of carboxylic acid groups (broad SMARTS) is 1. The van der Waals surface area contributed by atoms with Crippen molar-refractivity contribution in [3.8, 4) is 0 Å². The van der Waals surface area contributed by atoms with Crippen molar-refractivity contribution >= 4 is 34.2 Å². The zero-order chi connectivity index (χ0) is 14.3. The minimum atomic E-state index is -0.864. The zero-order valence-corrected chi connectivity index (χ0v) is 13.6. The lowest BCUT2D eigenvalue weighted by Gasteiger charge is -2.40. The van der Waals surface area contributed by atoms with Gasteiger partial charge in [-0.25, -0.2) is 4.79 Å². The standard InChI is InChI=1S/C15H18INO3/c1-20-13-9-17(7-6-15(13)4-5-15)12-8-10(16)2-3-11(12)14(18)19/h2-3,8,13H,4-7,9H2,1H3,(H,18,19). The van der Waals surface area contributed by atoms with Gasteiger partial charge >= 0.3 is 5.97 Å². The molecule has 1 spiro atoms. The number of rotatable bonds is 3. The minimum absolute atomic E-state index is 0.218. The molecular formula is C15H18INO3. The molecule has 3 rings (SSSR count). The third-order valence-corrected chi connectivity index (χ3v) is 5.33. The highest BCUT2D eigenvalue weighted by Crippen LogP contribution is 2.55. The van der Waals surface area contributed by atoms with Crippen LogP contribution >= 0.6 is 22.6 Å². The van der Waals surface area contributed by atoms with Crippen LogP contribution in [0.25, 0.3) is 0 Å². The molecular weight excluding hydrogens is 369 g/mol. The number of hydrogen-bond donors (Lipinski definition) is 1. The number of carbonyl (C=O) groups is 1. The average molecular weight is 387 g/mol. The van der Waals surface area contributed by atoms with E-state index in [2.05, 4.69) is 27.5 Å². The molecule has 0 bridgehead atoms. The van der Waals surface area contributed by atoms with Crippen LogP contribution in [0.2, 0.25) is 0 Å². The van der Waals surface area contributed by atoms with Crippen molar-refractivity contribution in [2.45, 2.75) is 25.4 Å². The first kappa shape index (κ1) is 14.1. The molecule has 1 heterocycles. The summed E-state index contributed by atoms with van der Waals surface area (Å²) in [6.45, 7) is 1.71. The van der Waals surface area contributed by atoms with Gasteiger partial charge in [0.2, 0.25) is 0 Å². The summed E-state index contributed by atoms with van der Waals surface area (Å²) in [6, 6.07) is 5.50. The number of carboxylic acids is 1. The van der Waals surface area contributed by atoms with Gasteiger partial charge in [0.25, 0.3) is 0 Å². The molecule has 0 amide bonds. The first-order valence-corrected chi connectivity index (χ1v) is 7.94. The molecule has 1 aliphatic carbocycles. The quantitative estimate of drug-likeness (QED) is 0.811. The van der Waals surface area contributed by atoms with Crippen LogP contribution in [-0.4, -0.2) is 37.4 Å². The van der Waals surface area contributed by atoms with Gasteiger partial charge in [-0.2, -0.15) is 0 Å². The Morgan fingerprint density at radius 3 is 2.80 bits per heavy atom. The van der Waals surface area contributed by atoms with E-state index in [0.717, 1.165) is 28.8 Å². The number of nitrogens with zero attached hydrogens (tertiary/aromatic N) is 1. The van der Waals surface area contributed by atoms with Crippen molar-refractivity contribution in [1.82, 2.24) is 0 Å². The first-order chi connectivity index (χ1) is 9.55. The Morgan fingerprint density at radius 2 is 2.20 bits per heavy atom. The number of anilines is 1. The van der Waals surface area contributed by atoms with Gasteiger partial charge in [0.15, 0.2) is 0 Å². The monoisotopic (exact) mass is 387 g/mol. The summed E-state index contributed by atoms with van der Waals surface area (Å²) in [4.78, 5) is 13.6. The fraction of sp³-hybridized carbons (Fsp3) is 0.533. The van der Waals surface area contributed by atoms with Crippen molar-refractivity contribution in [3.63, 3.8) is 0 Å². The molecule has 108 valence electrons. The van der Waals surface area contributed by atoms with Gasteiger partial charge in [0.1, 0.15) is 0 Å². The van der Waals surface area contributed by atoms with E-state index in [1.165, 1.54) is 12.8 Å². The van der Waals surface area contributed by atoms with Crippen molar-refractivity contribution < 1.29 is 14.6 Å². The van der Waals surface area contributed by atoms with Crippen LogP contribution in [0.5, 0.6) is 0 Å². The Morgan fingerprint density at radius 1 is 1.45 bits per heavy atom. The second-order valence-corrected chi connectivity index (χ2v) is 6.99. The van der Waals surface area contributed by atoms with Crippen LogP contribution in [-0.2, 0) is 4.74 Å². The van der Waals surface area contributed by atoms with E-state index >= 15 is 0 Å². The Labute approximate surface area is 132 Å². The van der Waals surface area contributed by atoms with Crippen LogP contribution in [0.15, 0.2) is 18.2 Å². The van der Waals surface area contributed by atoms with Gasteiger partial charge in [0, 0.05) is 29.2 Å². The molecule has 2 fully saturated rings. The molecule has 2 aliphatic rings. The third kappa shape index (κ3) is 2.41. The summed E-state index contributed by atoms with van der Waals surface area (Å²) >= 11 is 2.22. The second-order valence-electron chi connectivity index (χ2n) is 5.75. The molecule has 1 saturated carbocycles. The molecule has 1 unspecified atom stereocenters. The fourth-order valence-electron chi connectivity index (χ4n) is 3.23. The maximum absolute atomic E-state index is 11.4. The normalized spacial score (nSPS) is 23.9. The molecule has 1 aromatic rings. The molecule has 0 aromatic heterocycles. The van der Waals surface area contributed by atoms with Crippen molar-refractivity contribution in [3.05, 3.63) is 27.3 Å². The fourth-order valence-corrected chi connectivity index (χ4v) is 3.70. The highest BCUT2D eigenvalue weighted by molar-refractivity contribution is 14.1. The van der Waals surface area contributed by atoms with Crippen LogP contribution in [0.3, 0.4) is 0 Å². The molecule has 1 N–H and O–H groups in total. The topological polar surface area (TPSA) is 49.8 Å². The molecule has 1 aromatic carbocycles. The molecule has 4 nitrogen and oxygen atoms in total. The number of piperidine rings is 1. The van der Waals surface area contributed by atoms with Gasteiger partial charge in [-0.15, -0.1) is 0 Å². The maximum atomic E-state index is 11.4. The van der Waals surface area contributed by atoms with Crippen LogP contribution in [0, 0.1) is 8.99 Å². The number of benzene rings is 1. The van der Waals surface area contributed by atoms with E-state index in [1.54, 1.807) is 13.2 Å². The Kier molecular flexibility index (Phi) is 3.66. The summed E-state index contributed by atoms with van der Waals surface area (Å²) in [5.41, 5.74) is 1.57. The number of methoxy groups -OCH3 is 1. The van der Waals surface area contributed by atoms with E-state index in [-0.39, 0.29) is 6.10 Å². The zero-order valence-electron chi connectivity index (χ0n) is 11.4. The predicted octanol–water partition coefficient (Wildman–Crippen LogP) is 2.99. The van der Waals surface area contributed by atoms with Gasteiger partial charge in [-0.1, -0.05) is 0 Å². The summed E-state index contributed by atoms with van der Waals surface area (Å²) in [6.07, 6.45) is 3.81. The summed E-state index contributed by atoms with van der Waals surface area (Å²) < 4.78 is 6.72. The average Bonchev–Trinajstić information content (AvgIpc) is 3.19. The Bertz CT molecular complexity index is 542. The van der Waals surface area contributed by atoms with E-state index in [1.807, 2.05) is 12.1 Å². The lowest BCUT2D eigenvalue weighted by atomic mass is 9.90. The van der Waals surface area contributed by atoms with Gasteiger partial charge in [0.05, 0.1) is 17.4 Å². The van der Waals surface area contributed by atoms with Gasteiger partial charge in [-0.3, -0.25) is 0 Å². The van der Waals surface area contributed by atoms with Crippen molar-refractivity contribution in [2.24, 2.45) is 5.41 Å². The van der Waals surface area contributed by atoms with E-state index in [0.29, 0.717) is 11.0 Å². The SMILES string of the molecule is COC1CN(c2cc(I)ccc2C(=O)O)CCC12CC2. The van der Waals surface area contributed by atoms with Gasteiger partial charge < -0.3 is 14.7 Å². The summed E-state index contributed by atoms with van der Waals surface area (Å²) in [5, 5.41) is 9.36. The number of halogens is 1. The van der Waals surface area contributed by atoms with Crippen LogP contribution < -0.4 is 4.90 Å². The van der Waals surface area contributed by atoms with Crippen molar-refractivity contribution in [1.29, 1.82) is 0 Å². The molecule has 1 saturated heterocycles. The first-order valence-electron chi connectivity index (χ1n) is 6.86. The van der Waals surface area contributed by atoms with Crippen LogP contribution in [0.1, 0.15) is 29.6 Å². The van der Waals surface area contributed by atoms with E-state index in [4.69, 9.17) is 4.74 Å². The second kappa shape index (κ2) is 5.18. The summed E-state index contributed by atoms with van der Waals surface area (Å²) in [5.74, 6) is -0.864. The smallest absolute Gasteiger partial charge is 0.337 e. The minimum Gasteiger partial charge on any atom is -0.478 e. The number of ether oxygens (including phenoxy) is 1. The highest BCUT2D eigenvalue weighted by Gasteiger charge is 2.52. The number of aromatic carboxylic acids is 1. The lowest BCUT2D eigenvalue weighted by molar-refractivity contribution is 0.0297. The molecule has 20 heavy (non-hydrogen) atoms. The van der Waals surface area contributed by atoms with Crippen molar-refractivity contribution in [2.75, 3.05) is 25.1 Å². The molecule has 1 atom stereocenters. The van der Waals surface area contributed by atoms with E-state index < -0.39 is 5.97 Å². The van der Waals surface area contributed by atoms with Crippen LogP contribution in [0.4, 0.5) is 5.69 Å². The molecule has 1 aliphatic heterocycles. The largest absolute Gasteiger partial charge is 0.478 e. The maximum Gasteiger partial charge on any atom is 0.337 e. The molecule has 0 radical (unpaired) electrons. The highest BCUT2D eigenvalue weighted by atomic mass is 127. The summed E-state index contributed by atoms with van der Waals surface area (Å²) in [7, 11) is 1.76. The van der Waals surface area contributed by atoms with Gasteiger partial charge in [-0.05, 0) is 60.1 Å². The van der Waals surface area contributed by atoms with E-state index in [9.17, 15) is 9.90 Å². The number of hydrogen-bond acceptors (Lipinski definition) is 3.